The van der Waals surface area contributed by atoms with Crippen LogP contribution in [0, 0.1) is 13.8 Å². The van der Waals surface area contributed by atoms with Gasteiger partial charge in [0.25, 0.3) is 5.91 Å². The zero-order valence-electron chi connectivity index (χ0n) is 9.89. The minimum Gasteiger partial charge on any atom is -0.508 e. The van der Waals surface area contributed by atoms with E-state index in [1.807, 2.05) is 13.8 Å². The summed E-state index contributed by atoms with van der Waals surface area (Å²) in [7, 11) is 0. The molecule has 0 aliphatic rings. The van der Waals surface area contributed by atoms with Crippen molar-refractivity contribution in [3.05, 3.63) is 34.3 Å². The van der Waals surface area contributed by atoms with Crippen LogP contribution < -0.4 is 5.32 Å². The molecule has 0 saturated carbocycles. The third-order valence-corrected chi connectivity index (χ3v) is 3.40. The highest BCUT2D eigenvalue weighted by Crippen LogP contribution is 2.24. The van der Waals surface area contributed by atoms with Gasteiger partial charge in [-0.3, -0.25) is 10.1 Å². The summed E-state index contributed by atoms with van der Waals surface area (Å²) in [5, 5.41) is 21.7. The number of anilines is 1. The molecule has 1 heterocycles. The first-order chi connectivity index (χ1) is 8.45. The molecule has 3 N–H and O–H groups in total. The van der Waals surface area contributed by atoms with Gasteiger partial charge < -0.3 is 10.2 Å². The van der Waals surface area contributed by atoms with E-state index in [-0.39, 0.29) is 17.1 Å². The summed E-state index contributed by atoms with van der Waals surface area (Å²) in [6.07, 6.45) is 0. The Hall–Kier alpha value is -2.08. The number of carbonyl (C=O) groups is 1. The van der Waals surface area contributed by atoms with E-state index in [4.69, 9.17) is 0 Å². The van der Waals surface area contributed by atoms with Gasteiger partial charge in [-0.05, 0) is 26.0 Å². The summed E-state index contributed by atoms with van der Waals surface area (Å²) < 4.78 is 0. The SMILES string of the molecule is Cc1nc(NC(=O)c2cc(O)cc(O)c2)sc1C. The van der Waals surface area contributed by atoms with Crippen molar-refractivity contribution in [2.75, 3.05) is 5.32 Å². The Balaban J connectivity index is 2.21. The number of benzene rings is 1. The first-order valence-electron chi connectivity index (χ1n) is 5.24. The third kappa shape index (κ3) is 2.60. The van der Waals surface area contributed by atoms with E-state index in [1.165, 1.54) is 23.5 Å². The second kappa shape index (κ2) is 4.66. The molecule has 18 heavy (non-hydrogen) atoms. The number of thiazole rings is 1. The summed E-state index contributed by atoms with van der Waals surface area (Å²) in [6, 6.07) is 3.72. The maximum Gasteiger partial charge on any atom is 0.257 e. The molecule has 1 aromatic carbocycles. The first-order valence-corrected chi connectivity index (χ1v) is 6.06. The van der Waals surface area contributed by atoms with Gasteiger partial charge in [-0.2, -0.15) is 0 Å². The number of hydrogen-bond acceptors (Lipinski definition) is 5. The lowest BCUT2D eigenvalue weighted by Gasteiger charge is -2.03. The van der Waals surface area contributed by atoms with E-state index in [9.17, 15) is 15.0 Å². The van der Waals surface area contributed by atoms with Gasteiger partial charge in [0.1, 0.15) is 11.5 Å². The lowest BCUT2D eigenvalue weighted by Crippen LogP contribution is -2.11. The zero-order chi connectivity index (χ0) is 13.3. The molecular weight excluding hydrogens is 252 g/mol. The number of phenolic OH excluding ortho intramolecular Hbond substituents is 2. The van der Waals surface area contributed by atoms with Crippen molar-refractivity contribution in [3.8, 4) is 11.5 Å². The predicted molar refractivity (Wildman–Crippen MR) is 69.3 cm³/mol. The molecule has 0 saturated heterocycles. The molecule has 5 nitrogen and oxygen atoms in total. The average molecular weight is 264 g/mol. The Labute approximate surface area is 108 Å². The predicted octanol–water partition coefficient (Wildman–Crippen LogP) is 2.42. The minimum absolute atomic E-state index is 0.161. The maximum atomic E-state index is 11.9. The lowest BCUT2D eigenvalue weighted by molar-refractivity contribution is 0.102. The van der Waals surface area contributed by atoms with Gasteiger partial charge in [0, 0.05) is 16.5 Å². The van der Waals surface area contributed by atoms with Crippen LogP contribution in [0.25, 0.3) is 0 Å². The molecule has 0 unspecified atom stereocenters. The van der Waals surface area contributed by atoms with Crippen molar-refractivity contribution in [3.63, 3.8) is 0 Å². The first kappa shape index (κ1) is 12.4. The molecular formula is C12H12N2O3S. The normalized spacial score (nSPS) is 10.3. The molecule has 94 valence electrons. The van der Waals surface area contributed by atoms with Crippen LogP contribution >= 0.6 is 11.3 Å². The fraction of sp³-hybridized carbons (Fsp3) is 0.167. The van der Waals surface area contributed by atoms with Gasteiger partial charge >= 0.3 is 0 Å². The number of aromatic hydroxyl groups is 2. The summed E-state index contributed by atoms with van der Waals surface area (Å²) >= 11 is 1.38. The van der Waals surface area contributed by atoms with Crippen LogP contribution in [0.5, 0.6) is 11.5 Å². The van der Waals surface area contributed by atoms with Gasteiger partial charge in [0.2, 0.25) is 0 Å². The molecule has 0 bridgehead atoms. The Morgan fingerprint density at radius 3 is 2.33 bits per heavy atom. The Kier molecular flexibility index (Phi) is 3.20. The summed E-state index contributed by atoms with van der Waals surface area (Å²) in [4.78, 5) is 17.1. The number of nitrogens with zero attached hydrogens (tertiary/aromatic N) is 1. The van der Waals surface area contributed by atoms with E-state index in [0.717, 1.165) is 16.6 Å². The molecule has 1 amide bonds. The summed E-state index contributed by atoms with van der Waals surface area (Å²) in [5.74, 6) is -0.742. The molecule has 2 rings (SSSR count). The van der Waals surface area contributed by atoms with Gasteiger partial charge in [0.05, 0.1) is 5.69 Å². The van der Waals surface area contributed by atoms with Crippen LogP contribution in [0.1, 0.15) is 20.9 Å². The van der Waals surface area contributed by atoms with Crippen molar-refractivity contribution >= 4 is 22.4 Å². The summed E-state index contributed by atoms with van der Waals surface area (Å²) in [5.41, 5.74) is 1.05. The maximum absolute atomic E-state index is 11.9. The topological polar surface area (TPSA) is 82.5 Å². The highest BCUT2D eigenvalue weighted by molar-refractivity contribution is 7.15. The summed E-state index contributed by atoms with van der Waals surface area (Å²) in [6.45, 7) is 3.78. The van der Waals surface area contributed by atoms with Crippen LogP contribution in [0.2, 0.25) is 0 Å². The number of rotatable bonds is 2. The van der Waals surface area contributed by atoms with E-state index >= 15 is 0 Å². The quantitative estimate of drug-likeness (QED) is 0.778. The van der Waals surface area contributed by atoms with Crippen LogP contribution in [-0.2, 0) is 0 Å². The number of aryl methyl sites for hydroxylation is 2. The Morgan fingerprint density at radius 2 is 1.83 bits per heavy atom. The molecule has 0 fully saturated rings. The second-order valence-electron chi connectivity index (χ2n) is 3.85. The molecule has 0 spiro atoms. The molecule has 0 atom stereocenters. The van der Waals surface area contributed by atoms with Gasteiger partial charge in [-0.15, -0.1) is 11.3 Å². The number of aromatic nitrogens is 1. The van der Waals surface area contributed by atoms with Crippen molar-refractivity contribution < 1.29 is 15.0 Å². The van der Waals surface area contributed by atoms with E-state index in [2.05, 4.69) is 10.3 Å². The monoisotopic (exact) mass is 264 g/mol. The zero-order valence-corrected chi connectivity index (χ0v) is 10.7. The van der Waals surface area contributed by atoms with E-state index in [1.54, 1.807) is 0 Å². The lowest BCUT2D eigenvalue weighted by atomic mass is 10.2. The Morgan fingerprint density at radius 1 is 1.22 bits per heavy atom. The van der Waals surface area contributed by atoms with Gasteiger partial charge in [0.15, 0.2) is 5.13 Å². The highest BCUT2D eigenvalue weighted by Gasteiger charge is 2.11. The highest BCUT2D eigenvalue weighted by atomic mass is 32.1. The number of phenols is 2. The number of nitrogens with one attached hydrogen (secondary N) is 1. The minimum atomic E-state index is -0.421. The van der Waals surface area contributed by atoms with Crippen LogP contribution in [-0.4, -0.2) is 21.1 Å². The standard InChI is InChI=1S/C12H12N2O3S/c1-6-7(2)18-12(13-6)14-11(17)8-3-9(15)5-10(16)4-8/h3-5,15-16H,1-2H3,(H,13,14,17). The van der Waals surface area contributed by atoms with E-state index < -0.39 is 5.91 Å². The molecule has 1 aromatic heterocycles. The van der Waals surface area contributed by atoms with Crippen LogP contribution in [0.4, 0.5) is 5.13 Å². The fourth-order valence-electron chi connectivity index (χ4n) is 1.42. The molecule has 0 aliphatic heterocycles. The number of carbonyl (C=O) groups excluding carboxylic acids is 1. The third-order valence-electron chi connectivity index (χ3n) is 2.41. The van der Waals surface area contributed by atoms with Crippen molar-refractivity contribution in [1.82, 2.24) is 4.98 Å². The van der Waals surface area contributed by atoms with Crippen molar-refractivity contribution in [2.45, 2.75) is 13.8 Å². The second-order valence-corrected chi connectivity index (χ2v) is 5.06. The van der Waals surface area contributed by atoms with Crippen LogP contribution in [0.3, 0.4) is 0 Å². The smallest absolute Gasteiger partial charge is 0.257 e. The number of amides is 1. The van der Waals surface area contributed by atoms with Gasteiger partial charge in [-0.1, -0.05) is 0 Å². The van der Waals surface area contributed by atoms with Crippen molar-refractivity contribution in [2.24, 2.45) is 0 Å². The van der Waals surface area contributed by atoms with Crippen molar-refractivity contribution in [1.29, 1.82) is 0 Å². The van der Waals surface area contributed by atoms with E-state index in [0.29, 0.717) is 5.13 Å². The molecule has 6 heteroatoms. The number of hydrogen-bond donors (Lipinski definition) is 3. The molecule has 0 aliphatic carbocycles. The largest absolute Gasteiger partial charge is 0.508 e. The van der Waals surface area contributed by atoms with Gasteiger partial charge in [-0.25, -0.2) is 4.98 Å². The molecule has 2 aromatic rings. The van der Waals surface area contributed by atoms with Crippen LogP contribution in [0.15, 0.2) is 18.2 Å². The molecule has 0 radical (unpaired) electrons. The fourth-order valence-corrected chi connectivity index (χ4v) is 2.23. The Bertz CT molecular complexity index is 568. The average Bonchev–Trinajstić information content (AvgIpc) is 2.56.